The molecule has 0 aliphatic heterocycles. The first-order chi connectivity index (χ1) is 9.95. The molecular weight excluding hydrogens is 332 g/mol. The highest BCUT2D eigenvalue weighted by Gasteiger charge is 2.11. The summed E-state index contributed by atoms with van der Waals surface area (Å²) >= 11 is 3.44. The molecule has 0 saturated carbocycles. The van der Waals surface area contributed by atoms with Crippen LogP contribution in [0.1, 0.15) is 29.9 Å². The molecule has 5 nitrogen and oxygen atoms in total. The molecule has 0 fully saturated rings. The van der Waals surface area contributed by atoms with Crippen molar-refractivity contribution in [1.29, 1.82) is 0 Å². The molecule has 2 aromatic rings. The van der Waals surface area contributed by atoms with Crippen molar-refractivity contribution in [3.05, 3.63) is 46.3 Å². The number of nitrogens with zero attached hydrogens (tertiary/aromatic N) is 2. The van der Waals surface area contributed by atoms with Crippen LogP contribution in [0.15, 0.2) is 35.1 Å². The van der Waals surface area contributed by atoms with Gasteiger partial charge in [-0.3, -0.25) is 4.79 Å². The van der Waals surface area contributed by atoms with Crippen molar-refractivity contribution in [2.75, 3.05) is 10.6 Å². The zero-order valence-electron chi connectivity index (χ0n) is 12.1. The molecule has 6 heteroatoms. The smallest absolute Gasteiger partial charge is 0.274 e. The Balaban J connectivity index is 2.16. The molecule has 2 N–H and O–H groups in total. The summed E-state index contributed by atoms with van der Waals surface area (Å²) in [6.45, 7) is 6.00. The van der Waals surface area contributed by atoms with E-state index in [1.165, 1.54) is 6.33 Å². The third-order valence-electron chi connectivity index (χ3n) is 2.71. The minimum absolute atomic E-state index is 0.238. The van der Waals surface area contributed by atoms with E-state index in [-0.39, 0.29) is 11.9 Å². The Kier molecular flexibility index (Phi) is 4.90. The Hall–Kier alpha value is -1.95. The van der Waals surface area contributed by atoms with Gasteiger partial charge in [0.1, 0.15) is 17.8 Å². The standard InChI is InChI=1S/C15H17BrN4O/c1-9(2)19-14-7-13(17-8-18-14)15(21)20-12-5-4-10(3)6-11(12)16/h4-9H,1-3H3,(H,20,21)(H,17,18,19). The minimum atomic E-state index is -0.270. The molecule has 0 unspecified atom stereocenters. The number of hydrogen-bond acceptors (Lipinski definition) is 4. The zero-order valence-corrected chi connectivity index (χ0v) is 13.7. The van der Waals surface area contributed by atoms with E-state index in [0.717, 1.165) is 10.0 Å². The number of halogens is 1. The summed E-state index contributed by atoms with van der Waals surface area (Å²) in [6.07, 6.45) is 1.38. The number of benzene rings is 1. The van der Waals surface area contributed by atoms with E-state index >= 15 is 0 Å². The Morgan fingerprint density at radius 1 is 1.24 bits per heavy atom. The highest BCUT2D eigenvalue weighted by atomic mass is 79.9. The summed E-state index contributed by atoms with van der Waals surface area (Å²) in [5.41, 5.74) is 2.15. The van der Waals surface area contributed by atoms with Crippen LogP contribution in [-0.2, 0) is 0 Å². The highest BCUT2D eigenvalue weighted by Crippen LogP contribution is 2.23. The number of hydrogen-bond donors (Lipinski definition) is 2. The van der Waals surface area contributed by atoms with Crippen molar-refractivity contribution >= 4 is 33.3 Å². The van der Waals surface area contributed by atoms with Gasteiger partial charge in [0.15, 0.2) is 0 Å². The van der Waals surface area contributed by atoms with Gasteiger partial charge >= 0.3 is 0 Å². The highest BCUT2D eigenvalue weighted by molar-refractivity contribution is 9.10. The summed E-state index contributed by atoms with van der Waals surface area (Å²) < 4.78 is 0.838. The topological polar surface area (TPSA) is 66.9 Å². The molecule has 0 saturated heterocycles. The van der Waals surface area contributed by atoms with Gasteiger partial charge < -0.3 is 10.6 Å². The van der Waals surface area contributed by atoms with Crippen molar-refractivity contribution in [2.24, 2.45) is 0 Å². The van der Waals surface area contributed by atoms with Crippen molar-refractivity contribution in [1.82, 2.24) is 9.97 Å². The average Bonchev–Trinajstić information content (AvgIpc) is 2.41. The quantitative estimate of drug-likeness (QED) is 0.885. The summed E-state index contributed by atoms with van der Waals surface area (Å²) in [6, 6.07) is 7.61. The van der Waals surface area contributed by atoms with E-state index in [4.69, 9.17) is 0 Å². The first kappa shape index (κ1) is 15.4. The third kappa shape index (κ3) is 4.26. The normalized spacial score (nSPS) is 10.5. The van der Waals surface area contributed by atoms with Gasteiger partial charge in [-0.2, -0.15) is 0 Å². The lowest BCUT2D eigenvalue weighted by Gasteiger charge is -2.10. The van der Waals surface area contributed by atoms with Crippen LogP contribution in [0, 0.1) is 6.92 Å². The van der Waals surface area contributed by atoms with Gasteiger partial charge in [0.25, 0.3) is 5.91 Å². The number of aromatic nitrogens is 2. The SMILES string of the molecule is Cc1ccc(NC(=O)c2cc(NC(C)C)ncn2)c(Br)c1. The number of rotatable bonds is 4. The molecule has 0 radical (unpaired) electrons. The number of anilines is 2. The zero-order chi connectivity index (χ0) is 15.4. The van der Waals surface area contributed by atoms with Crippen LogP contribution >= 0.6 is 15.9 Å². The predicted molar refractivity (Wildman–Crippen MR) is 87.6 cm³/mol. The first-order valence-electron chi connectivity index (χ1n) is 6.62. The number of carbonyl (C=O) groups is 1. The number of carbonyl (C=O) groups excluding carboxylic acids is 1. The number of aryl methyl sites for hydroxylation is 1. The van der Waals surface area contributed by atoms with Gasteiger partial charge in [0, 0.05) is 16.6 Å². The second-order valence-electron chi connectivity index (χ2n) is 5.02. The Bertz CT molecular complexity index is 658. The fourth-order valence-electron chi connectivity index (χ4n) is 1.76. The Labute approximate surface area is 132 Å². The maximum atomic E-state index is 12.2. The van der Waals surface area contributed by atoms with Crippen LogP contribution in [-0.4, -0.2) is 21.9 Å². The molecule has 0 atom stereocenters. The minimum Gasteiger partial charge on any atom is -0.368 e. The van der Waals surface area contributed by atoms with E-state index < -0.39 is 0 Å². The van der Waals surface area contributed by atoms with Crippen LogP contribution < -0.4 is 10.6 Å². The van der Waals surface area contributed by atoms with Gasteiger partial charge in [-0.25, -0.2) is 9.97 Å². The molecule has 1 aromatic heterocycles. The largest absolute Gasteiger partial charge is 0.368 e. The predicted octanol–water partition coefficient (Wildman–Crippen LogP) is 3.62. The average molecular weight is 349 g/mol. The molecular formula is C15H17BrN4O. The molecule has 0 spiro atoms. The van der Waals surface area contributed by atoms with Crippen LogP contribution in [0.2, 0.25) is 0 Å². The second-order valence-corrected chi connectivity index (χ2v) is 5.88. The third-order valence-corrected chi connectivity index (χ3v) is 3.37. The van der Waals surface area contributed by atoms with Gasteiger partial charge in [-0.05, 0) is 54.4 Å². The summed E-state index contributed by atoms with van der Waals surface area (Å²) in [4.78, 5) is 20.3. The molecule has 21 heavy (non-hydrogen) atoms. The lowest BCUT2D eigenvalue weighted by Crippen LogP contribution is -2.16. The number of nitrogens with one attached hydrogen (secondary N) is 2. The van der Waals surface area contributed by atoms with Crippen molar-refractivity contribution < 1.29 is 4.79 Å². The van der Waals surface area contributed by atoms with Crippen molar-refractivity contribution in [2.45, 2.75) is 26.8 Å². The molecule has 0 aliphatic rings. The molecule has 1 amide bonds. The van der Waals surface area contributed by atoms with Crippen LogP contribution in [0.3, 0.4) is 0 Å². The van der Waals surface area contributed by atoms with E-state index in [1.54, 1.807) is 6.07 Å². The maximum absolute atomic E-state index is 12.2. The molecule has 0 bridgehead atoms. The van der Waals surface area contributed by atoms with E-state index in [1.807, 2.05) is 39.0 Å². The summed E-state index contributed by atoms with van der Waals surface area (Å²) in [7, 11) is 0. The fraction of sp³-hybridized carbons (Fsp3) is 0.267. The maximum Gasteiger partial charge on any atom is 0.274 e. The Morgan fingerprint density at radius 3 is 2.67 bits per heavy atom. The van der Waals surface area contributed by atoms with Crippen LogP contribution in [0.25, 0.3) is 0 Å². The van der Waals surface area contributed by atoms with Crippen LogP contribution in [0.4, 0.5) is 11.5 Å². The second kappa shape index (κ2) is 6.67. The van der Waals surface area contributed by atoms with Gasteiger partial charge in [-0.15, -0.1) is 0 Å². The molecule has 2 rings (SSSR count). The van der Waals surface area contributed by atoms with Gasteiger partial charge in [0.2, 0.25) is 0 Å². The molecule has 110 valence electrons. The van der Waals surface area contributed by atoms with Gasteiger partial charge in [-0.1, -0.05) is 6.07 Å². The van der Waals surface area contributed by atoms with E-state index in [0.29, 0.717) is 17.2 Å². The fourth-order valence-corrected chi connectivity index (χ4v) is 2.36. The van der Waals surface area contributed by atoms with Crippen LogP contribution in [0.5, 0.6) is 0 Å². The van der Waals surface area contributed by atoms with Crippen molar-refractivity contribution in [3.63, 3.8) is 0 Å². The summed E-state index contributed by atoms with van der Waals surface area (Å²) in [5, 5.41) is 5.97. The number of amides is 1. The van der Waals surface area contributed by atoms with E-state index in [9.17, 15) is 4.79 Å². The molecule has 1 heterocycles. The van der Waals surface area contributed by atoms with Crippen molar-refractivity contribution in [3.8, 4) is 0 Å². The van der Waals surface area contributed by atoms with Gasteiger partial charge in [0.05, 0.1) is 5.69 Å². The monoisotopic (exact) mass is 348 g/mol. The first-order valence-corrected chi connectivity index (χ1v) is 7.41. The van der Waals surface area contributed by atoms with E-state index in [2.05, 4.69) is 36.5 Å². The lowest BCUT2D eigenvalue weighted by molar-refractivity contribution is 0.102. The molecule has 1 aromatic carbocycles. The molecule has 0 aliphatic carbocycles. The Morgan fingerprint density at radius 2 is 2.00 bits per heavy atom. The summed E-state index contributed by atoms with van der Waals surface area (Å²) in [5.74, 6) is 0.363. The lowest BCUT2D eigenvalue weighted by atomic mass is 10.2.